The van der Waals surface area contributed by atoms with Crippen LogP contribution >= 0.6 is 15.9 Å². The molecule has 122 valence electrons. The molecule has 1 heterocycles. The standard InChI is InChI=1S/C18H20BrNO3/c1-12(2)11-16(18(21)22)23-17(15-5-3-4-10-20-15)13-6-8-14(19)9-7-13/h3-10,12,16-17H,11H2,1-2H3,(H,21,22). The summed E-state index contributed by atoms with van der Waals surface area (Å²) in [5.41, 5.74) is 1.58. The van der Waals surface area contributed by atoms with Crippen LogP contribution in [0, 0.1) is 5.92 Å². The number of halogens is 1. The van der Waals surface area contributed by atoms with Crippen LogP contribution in [0.5, 0.6) is 0 Å². The Balaban J connectivity index is 2.33. The van der Waals surface area contributed by atoms with E-state index in [-0.39, 0.29) is 5.92 Å². The Morgan fingerprint density at radius 1 is 1.22 bits per heavy atom. The van der Waals surface area contributed by atoms with Crippen molar-refractivity contribution in [3.8, 4) is 0 Å². The van der Waals surface area contributed by atoms with E-state index in [2.05, 4.69) is 20.9 Å². The van der Waals surface area contributed by atoms with Crippen LogP contribution in [-0.4, -0.2) is 22.2 Å². The van der Waals surface area contributed by atoms with Crippen molar-refractivity contribution < 1.29 is 14.6 Å². The summed E-state index contributed by atoms with van der Waals surface area (Å²) in [7, 11) is 0. The molecule has 0 saturated heterocycles. The van der Waals surface area contributed by atoms with E-state index in [1.807, 2.05) is 56.3 Å². The molecule has 4 nitrogen and oxygen atoms in total. The number of carbonyl (C=O) groups is 1. The molecule has 2 rings (SSSR count). The van der Waals surface area contributed by atoms with Crippen LogP contribution in [0.4, 0.5) is 0 Å². The number of hydrogen-bond acceptors (Lipinski definition) is 3. The van der Waals surface area contributed by atoms with Crippen molar-refractivity contribution in [2.75, 3.05) is 0 Å². The smallest absolute Gasteiger partial charge is 0.332 e. The van der Waals surface area contributed by atoms with E-state index >= 15 is 0 Å². The molecule has 0 saturated carbocycles. The third kappa shape index (κ3) is 5.15. The van der Waals surface area contributed by atoms with Crippen molar-refractivity contribution in [2.24, 2.45) is 5.92 Å². The highest BCUT2D eigenvalue weighted by atomic mass is 79.9. The average molecular weight is 378 g/mol. The number of pyridine rings is 1. The van der Waals surface area contributed by atoms with Crippen molar-refractivity contribution in [3.05, 3.63) is 64.4 Å². The van der Waals surface area contributed by atoms with Crippen molar-refractivity contribution in [2.45, 2.75) is 32.5 Å². The highest BCUT2D eigenvalue weighted by molar-refractivity contribution is 9.10. The molecule has 2 unspecified atom stereocenters. The Labute approximate surface area is 144 Å². The topological polar surface area (TPSA) is 59.4 Å². The van der Waals surface area contributed by atoms with Crippen molar-refractivity contribution in [1.82, 2.24) is 4.98 Å². The fourth-order valence-electron chi connectivity index (χ4n) is 2.29. The minimum atomic E-state index is -0.947. The molecule has 0 aliphatic carbocycles. The van der Waals surface area contributed by atoms with Gasteiger partial charge in [0, 0.05) is 10.7 Å². The summed E-state index contributed by atoms with van der Waals surface area (Å²) >= 11 is 3.41. The second kappa shape index (κ2) is 8.22. The molecule has 0 fully saturated rings. The van der Waals surface area contributed by atoms with Crippen LogP contribution in [0.25, 0.3) is 0 Å². The van der Waals surface area contributed by atoms with Gasteiger partial charge in [0.1, 0.15) is 6.10 Å². The number of rotatable bonds is 7. The Morgan fingerprint density at radius 3 is 2.43 bits per heavy atom. The Bertz CT molecular complexity index is 628. The number of benzene rings is 1. The van der Waals surface area contributed by atoms with E-state index in [9.17, 15) is 9.90 Å². The average Bonchev–Trinajstić information content (AvgIpc) is 2.53. The van der Waals surface area contributed by atoms with Crippen LogP contribution in [0.15, 0.2) is 53.1 Å². The molecule has 1 aromatic heterocycles. The van der Waals surface area contributed by atoms with Crippen LogP contribution in [0.3, 0.4) is 0 Å². The van der Waals surface area contributed by atoms with E-state index in [1.54, 1.807) is 6.20 Å². The summed E-state index contributed by atoms with van der Waals surface area (Å²) in [6.07, 6.45) is 0.757. The van der Waals surface area contributed by atoms with E-state index in [0.717, 1.165) is 10.0 Å². The lowest BCUT2D eigenvalue weighted by atomic mass is 10.0. The summed E-state index contributed by atoms with van der Waals surface area (Å²) in [4.78, 5) is 15.9. The van der Waals surface area contributed by atoms with Gasteiger partial charge in [0.25, 0.3) is 0 Å². The monoisotopic (exact) mass is 377 g/mol. The molecule has 5 heteroatoms. The number of aliphatic carboxylic acids is 1. The fraction of sp³-hybridized carbons (Fsp3) is 0.333. The van der Waals surface area contributed by atoms with Crippen molar-refractivity contribution in [1.29, 1.82) is 0 Å². The molecule has 0 bridgehead atoms. The van der Waals surface area contributed by atoms with Gasteiger partial charge in [0.15, 0.2) is 6.10 Å². The molecule has 0 aliphatic rings. The highest BCUT2D eigenvalue weighted by Gasteiger charge is 2.26. The van der Waals surface area contributed by atoms with Gasteiger partial charge in [-0.2, -0.15) is 0 Å². The lowest BCUT2D eigenvalue weighted by Crippen LogP contribution is -2.28. The van der Waals surface area contributed by atoms with Crippen molar-refractivity contribution in [3.63, 3.8) is 0 Å². The third-order valence-corrected chi connectivity index (χ3v) is 3.92. The number of ether oxygens (including phenoxy) is 1. The van der Waals surface area contributed by atoms with Gasteiger partial charge in [-0.15, -0.1) is 0 Å². The molecule has 1 aromatic carbocycles. The maximum absolute atomic E-state index is 11.5. The lowest BCUT2D eigenvalue weighted by molar-refractivity contribution is -0.154. The van der Waals surface area contributed by atoms with E-state index in [4.69, 9.17) is 4.74 Å². The van der Waals surface area contributed by atoms with Crippen LogP contribution in [-0.2, 0) is 9.53 Å². The van der Waals surface area contributed by atoms with E-state index in [1.165, 1.54) is 0 Å². The molecular formula is C18H20BrNO3. The normalized spacial score (nSPS) is 13.7. The van der Waals surface area contributed by atoms with Gasteiger partial charge in [-0.1, -0.05) is 48.0 Å². The number of carboxylic acids is 1. The zero-order valence-electron chi connectivity index (χ0n) is 13.1. The van der Waals surface area contributed by atoms with Crippen LogP contribution in [0.2, 0.25) is 0 Å². The van der Waals surface area contributed by atoms with Crippen molar-refractivity contribution >= 4 is 21.9 Å². The quantitative estimate of drug-likeness (QED) is 0.774. The van der Waals surface area contributed by atoms with Gasteiger partial charge in [0.05, 0.1) is 5.69 Å². The zero-order valence-corrected chi connectivity index (χ0v) is 14.7. The summed E-state index contributed by atoms with van der Waals surface area (Å²) in [6, 6.07) is 13.2. The second-order valence-electron chi connectivity index (χ2n) is 5.78. The minimum absolute atomic E-state index is 0.227. The second-order valence-corrected chi connectivity index (χ2v) is 6.69. The summed E-state index contributed by atoms with van der Waals surface area (Å²) in [5, 5.41) is 9.46. The maximum atomic E-state index is 11.5. The number of aromatic nitrogens is 1. The lowest BCUT2D eigenvalue weighted by Gasteiger charge is -2.23. The predicted molar refractivity (Wildman–Crippen MR) is 92.2 cm³/mol. The minimum Gasteiger partial charge on any atom is -0.479 e. The number of carboxylic acid groups (broad SMARTS) is 1. The first-order chi connectivity index (χ1) is 11.0. The molecule has 23 heavy (non-hydrogen) atoms. The molecule has 2 aromatic rings. The molecule has 0 radical (unpaired) electrons. The van der Waals surface area contributed by atoms with Gasteiger partial charge in [0.2, 0.25) is 0 Å². The van der Waals surface area contributed by atoms with Gasteiger partial charge >= 0.3 is 5.97 Å². The molecule has 1 N–H and O–H groups in total. The van der Waals surface area contributed by atoms with E-state index in [0.29, 0.717) is 12.1 Å². The molecule has 0 spiro atoms. The number of hydrogen-bond donors (Lipinski definition) is 1. The van der Waals surface area contributed by atoms with E-state index < -0.39 is 18.2 Å². The third-order valence-electron chi connectivity index (χ3n) is 3.39. The predicted octanol–water partition coefficient (Wildman–Crippen LogP) is 4.45. The fourth-order valence-corrected chi connectivity index (χ4v) is 2.56. The summed E-state index contributed by atoms with van der Waals surface area (Å²) in [5.74, 6) is -0.720. The molecule has 2 atom stereocenters. The summed E-state index contributed by atoms with van der Waals surface area (Å²) < 4.78 is 6.91. The molecule has 0 amide bonds. The molecular weight excluding hydrogens is 358 g/mol. The highest BCUT2D eigenvalue weighted by Crippen LogP contribution is 2.28. The Morgan fingerprint density at radius 2 is 1.91 bits per heavy atom. The zero-order chi connectivity index (χ0) is 16.8. The van der Waals surface area contributed by atoms with Gasteiger partial charge in [-0.3, -0.25) is 4.98 Å². The first-order valence-electron chi connectivity index (χ1n) is 7.52. The van der Waals surface area contributed by atoms with Gasteiger partial charge < -0.3 is 9.84 Å². The van der Waals surface area contributed by atoms with Crippen LogP contribution < -0.4 is 0 Å². The van der Waals surface area contributed by atoms with Crippen LogP contribution in [0.1, 0.15) is 37.6 Å². The summed E-state index contributed by atoms with van der Waals surface area (Å²) in [6.45, 7) is 3.96. The maximum Gasteiger partial charge on any atom is 0.332 e. The SMILES string of the molecule is CC(C)CC(OC(c1ccc(Br)cc1)c1ccccn1)C(=O)O. The first-order valence-corrected chi connectivity index (χ1v) is 8.31. The first kappa shape index (κ1) is 17.6. The Hall–Kier alpha value is -1.72. The molecule has 0 aliphatic heterocycles. The number of nitrogens with zero attached hydrogens (tertiary/aromatic N) is 1. The van der Waals surface area contributed by atoms with Gasteiger partial charge in [-0.25, -0.2) is 4.79 Å². The largest absolute Gasteiger partial charge is 0.479 e. The van der Waals surface area contributed by atoms with Gasteiger partial charge in [-0.05, 0) is 42.2 Å². The Kier molecular flexibility index (Phi) is 6.30.